The van der Waals surface area contributed by atoms with Crippen molar-refractivity contribution in [1.82, 2.24) is 15.8 Å². The minimum absolute atomic E-state index is 0.00482. The van der Waals surface area contributed by atoms with Crippen LogP contribution in [0.1, 0.15) is 30.3 Å². The second-order valence-electron chi connectivity index (χ2n) is 6.47. The number of hydrogen-bond acceptors (Lipinski definition) is 4. The molecule has 0 saturated carbocycles. The SMILES string of the molecule is CC1(CNC(=O)c2cc(-c3cc(F)ccc3F)on2)CCCNC1. The summed E-state index contributed by atoms with van der Waals surface area (Å²) in [6.07, 6.45) is 2.10. The van der Waals surface area contributed by atoms with Gasteiger partial charge in [-0.05, 0) is 43.0 Å². The van der Waals surface area contributed by atoms with Crippen LogP contribution in [-0.2, 0) is 0 Å². The van der Waals surface area contributed by atoms with Crippen LogP contribution in [0.25, 0.3) is 11.3 Å². The van der Waals surface area contributed by atoms with Gasteiger partial charge in [0.1, 0.15) is 11.6 Å². The topological polar surface area (TPSA) is 67.2 Å². The molecule has 5 nitrogen and oxygen atoms in total. The van der Waals surface area contributed by atoms with Crippen molar-refractivity contribution in [3.05, 3.63) is 41.6 Å². The molecule has 2 heterocycles. The van der Waals surface area contributed by atoms with Gasteiger partial charge in [0.2, 0.25) is 0 Å². The quantitative estimate of drug-likeness (QED) is 0.902. The highest BCUT2D eigenvalue weighted by molar-refractivity contribution is 5.93. The van der Waals surface area contributed by atoms with Crippen molar-refractivity contribution in [3.63, 3.8) is 0 Å². The largest absolute Gasteiger partial charge is 0.355 e. The van der Waals surface area contributed by atoms with Crippen LogP contribution in [0.5, 0.6) is 0 Å². The molecule has 0 radical (unpaired) electrons. The van der Waals surface area contributed by atoms with Gasteiger partial charge in [0.05, 0.1) is 5.56 Å². The van der Waals surface area contributed by atoms with Crippen LogP contribution in [0.2, 0.25) is 0 Å². The first kappa shape index (κ1) is 16.6. The number of amides is 1. The van der Waals surface area contributed by atoms with E-state index >= 15 is 0 Å². The lowest BCUT2D eigenvalue weighted by atomic mass is 9.83. The number of benzene rings is 1. The molecule has 0 aliphatic carbocycles. The van der Waals surface area contributed by atoms with Crippen LogP contribution in [0.3, 0.4) is 0 Å². The van der Waals surface area contributed by atoms with Crippen LogP contribution >= 0.6 is 0 Å². The molecule has 1 aliphatic rings. The molecule has 1 saturated heterocycles. The van der Waals surface area contributed by atoms with Crippen LogP contribution in [0, 0.1) is 17.0 Å². The van der Waals surface area contributed by atoms with Gasteiger partial charge in [-0.15, -0.1) is 0 Å². The van der Waals surface area contributed by atoms with E-state index in [9.17, 15) is 13.6 Å². The first-order chi connectivity index (χ1) is 11.5. The van der Waals surface area contributed by atoms with E-state index in [0.717, 1.165) is 44.1 Å². The summed E-state index contributed by atoms with van der Waals surface area (Å²) in [5, 5.41) is 9.80. The minimum Gasteiger partial charge on any atom is -0.355 e. The lowest BCUT2D eigenvalue weighted by Crippen LogP contribution is -2.45. The normalized spacial score (nSPS) is 20.8. The van der Waals surface area contributed by atoms with Crippen molar-refractivity contribution >= 4 is 5.91 Å². The van der Waals surface area contributed by atoms with Gasteiger partial charge in [0.15, 0.2) is 11.5 Å². The molecule has 24 heavy (non-hydrogen) atoms. The fraction of sp³-hybridized carbons (Fsp3) is 0.412. The average Bonchev–Trinajstić information content (AvgIpc) is 3.05. The van der Waals surface area contributed by atoms with Gasteiger partial charge >= 0.3 is 0 Å². The number of hydrogen-bond donors (Lipinski definition) is 2. The molecule has 2 aromatic rings. The molecule has 2 N–H and O–H groups in total. The highest BCUT2D eigenvalue weighted by Gasteiger charge is 2.27. The lowest BCUT2D eigenvalue weighted by Gasteiger charge is -2.34. The first-order valence-corrected chi connectivity index (χ1v) is 7.88. The molecule has 1 unspecified atom stereocenters. The molecule has 3 rings (SSSR count). The van der Waals surface area contributed by atoms with E-state index in [1.165, 1.54) is 6.07 Å². The predicted molar refractivity (Wildman–Crippen MR) is 84.4 cm³/mol. The van der Waals surface area contributed by atoms with Gasteiger partial charge in [-0.25, -0.2) is 8.78 Å². The van der Waals surface area contributed by atoms with Crippen molar-refractivity contribution in [2.45, 2.75) is 19.8 Å². The van der Waals surface area contributed by atoms with Crippen molar-refractivity contribution in [2.24, 2.45) is 5.41 Å². The summed E-state index contributed by atoms with van der Waals surface area (Å²) in [6, 6.07) is 4.34. The molecule has 1 fully saturated rings. The summed E-state index contributed by atoms with van der Waals surface area (Å²) in [5.74, 6) is -1.61. The molecule has 128 valence electrons. The van der Waals surface area contributed by atoms with E-state index in [4.69, 9.17) is 4.52 Å². The van der Waals surface area contributed by atoms with Gasteiger partial charge in [0, 0.05) is 19.2 Å². The maximum Gasteiger partial charge on any atom is 0.273 e. The Kier molecular flexibility index (Phi) is 4.62. The Morgan fingerprint density at radius 2 is 2.25 bits per heavy atom. The molecule has 7 heteroatoms. The summed E-state index contributed by atoms with van der Waals surface area (Å²) in [6.45, 7) is 4.45. The van der Waals surface area contributed by atoms with Crippen LogP contribution in [0.15, 0.2) is 28.8 Å². The fourth-order valence-corrected chi connectivity index (χ4v) is 2.85. The van der Waals surface area contributed by atoms with E-state index in [0.29, 0.717) is 6.54 Å². The molecule has 1 aromatic heterocycles. The summed E-state index contributed by atoms with van der Waals surface area (Å²) < 4.78 is 32.0. The number of piperidine rings is 1. The highest BCUT2D eigenvalue weighted by Crippen LogP contribution is 2.26. The Bertz CT molecular complexity index is 739. The maximum atomic E-state index is 13.7. The zero-order valence-corrected chi connectivity index (χ0v) is 13.4. The number of halogens is 2. The number of rotatable bonds is 4. The smallest absolute Gasteiger partial charge is 0.273 e. The molecular formula is C17H19F2N3O2. The summed E-state index contributed by atoms with van der Waals surface area (Å²) in [7, 11) is 0. The van der Waals surface area contributed by atoms with Gasteiger partial charge in [-0.1, -0.05) is 12.1 Å². The van der Waals surface area contributed by atoms with E-state index in [1.807, 2.05) is 0 Å². The Morgan fingerprint density at radius 1 is 1.42 bits per heavy atom. The van der Waals surface area contributed by atoms with Crippen molar-refractivity contribution in [2.75, 3.05) is 19.6 Å². The molecule has 1 aliphatic heterocycles. The second kappa shape index (κ2) is 6.68. The second-order valence-corrected chi connectivity index (χ2v) is 6.47. The zero-order chi connectivity index (χ0) is 17.2. The van der Waals surface area contributed by atoms with E-state index in [1.54, 1.807) is 0 Å². The molecule has 1 atom stereocenters. The minimum atomic E-state index is -0.639. The Morgan fingerprint density at radius 3 is 3.00 bits per heavy atom. The third-order valence-electron chi connectivity index (χ3n) is 4.30. The predicted octanol–water partition coefficient (Wildman–Crippen LogP) is 2.74. The van der Waals surface area contributed by atoms with E-state index in [2.05, 4.69) is 22.7 Å². The molecule has 0 bridgehead atoms. The van der Waals surface area contributed by atoms with E-state index in [-0.39, 0.29) is 22.4 Å². The van der Waals surface area contributed by atoms with Crippen LogP contribution in [0.4, 0.5) is 8.78 Å². The van der Waals surface area contributed by atoms with Gasteiger partial charge in [-0.2, -0.15) is 0 Å². The summed E-state index contributed by atoms with van der Waals surface area (Å²) in [5.41, 5.74) is -0.0270. The zero-order valence-electron chi connectivity index (χ0n) is 13.4. The standard InChI is InChI=1S/C17H19F2N3O2/c1-17(5-2-6-20-9-17)10-21-16(23)14-8-15(24-22-14)12-7-11(18)3-4-13(12)19/h3-4,7-8,20H,2,5-6,9-10H2,1H3,(H,21,23). The fourth-order valence-electron chi connectivity index (χ4n) is 2.85. The number of carbonyl (C=O) groups excluding carboxylic acids is 1. The number of nitrogens with one attached hydrogen (secondary N) is 2. The Balaban J connectivity index is 1.68. The first-order valence-electron chi connectivity index (χ1n) is 7.88. The van der Waals surface area contributed by atoms with E-state index < -0.39 is 17.5 Å². The third kappa shape index (κ3) is 3.62. The van der Waals surface area contributed by atoms with Crippen molar-refractivity contribution in [1.29, 1.82) is 0 Å². The van der Waals surface area contributed by atoms with Crippen LogP contribution in [-0.4, -0.2) is 30.7 Å². The number of aromatic nitrogens is 1. The summed E-state index contributed by atoms with van der Waals surface area (Å²) >= 11 is 0. The average molecular weight is 335 g/mol. The maximum absolute atomic E-state index is 13.7. The molecule has 1 amide bonds. The third-order valence-corrected chi connectivity index (χ3v) is 4.30. The highest BCUT2D eigenvalue weighted by atomic mass is 19.1. The Hall–Kier alpha value is -2.28. The monoisotopic (exact) mass is 335 g/mol. The molecular weight excluding hydrogens is 316 g/mol. The van der Waals surface area contributed by atoms with Gasteiger partial charge in [0.25, 0.3) is 5.91 Å². The number of carbonyl (C=O) groups is 1. The van der Waals surface area contributed by atoms with Crippen molar-refractivity contribution < 1.29 is 18.1 Å². The Labute approximate surface area is 138 Å². The lowest BCUT2D eigenvalue weighted by molar-refractivity contribution is 0.0915. The van der Waals surface area contributed by atoms with Gasteiger partial charge < -0.3 is 15.2 Å². The summed E-state index contributed by atoms with van der Waals surface area (Å²) in [4.78, 5) is 12.2. The van der Waals surface area contributed by atoms with Gasteiger partial charge in [-0.3, -0.25) is 4.79 Å². The molecule has 0 spiro atoms. The van der Waals surface area contributed by atoms with Crippen molar-refractivity contribution in [3.8, 4) is 11.3 Å². The van der Waals surface area contributed by atoms with Crippen LogP contribution < -0.4 is 10.6 Å². The number of nitrogens with zero attached hydrogens (tertiary/aromatic N) is 1. The molecule has 1 aromatic carbocycles.